The summed E-state index contributed by atoms with van der Waals surface area (Å²) < 4.78 is 82.1. The Kier molecular flexibility index (Phi) is 12.8. The Balaban J connectivity index is 0.000000166. The number of halogens is 7. The van der Waals surface area contributed by atoms with E-state index in [9.17, 15) is 26.3 Å². The van der Waals surface area contributed by atoms with E-state index in [4.69, 9.17) is 20.3 Å². The smallest absolute Gasteiger partial charge is 0.423 e. The van der Waals surface area contributed by atoms with E-state index in [0.717, 1.165) is 29.8 Å². The molecule has 58 heavy (non-hydrogen) atoms. The van der Waals surface area contributed by atoms with Crippen molar-refractivity contribution in [3.8, 4) is 11.3 Å². The van der Waals surface area contributed by atoms with Crippen LogP contribution in [0.1, 0.15) is 24.0 Å². The molecule has 8 rings (SSSR count). The molecule has 0 radical (unpaired) electrons. The van der Waals surface area contributed by atoms with E-state index < -0.39 is 30.6 Å². The molecule has 8 aromatic rings. The normalized spacial score (nSPS) is 11.8. The quantitative estimate of drug-likeness (QED) is 0.0535. The molecule has 0 aliphatic heterocycles. The van der Waals surface area contributed by atoms with Gasteiger partial charge in [-0.3, -0.25) is 19.0 Å². The minimum absolute atomic E-state index is 0.00717. The Morgan fingerprint density at radius 3 is 1.67 bits per heavy atom. The molecule has 304 valence electrons. The highest BCUT2D eigenvalue weighted by Crippen LogP contribution is 2.35. The van der Waals surface area contributed by atoms with E-state index in [0.29, 0.717) is 75.7 Å². The summed E-state index contributed by atoms with van der Waals surface area (Å²) in [6, 6.07) is 6.85. The highest BCUT2D eigenvalue weighted by atomic mass is 79.9. The van der Waals surface area contributed by atoms with E-state index in [1.165, 1.54) is 24.5 Å². The summed E-state index contributed by atoms with van der Waals surface area (Å²) in [6.07, 6.45) is 1.33. The Morgan fingerprint density at radius 1 is 0.690 bits per heavy atom. The Hall–Kier alpha value is -5.82. The van der Waals surface area contributed by atoms with Gasteiger partial charge in [-0.05, 0) is 65.2 Å². The van der Waals surface area contributed by atoms with Gasteiger partial charge in [0.2, 0.25) is 0 Å². The maximum absolute atomic E-state index is 13.1. The van der Waals surface area contributed by atoms with E-state index in [-0.39, 0.29) is 24.2 Å². The van der Waals surface area contributed by atoms with Gasteiger partial charge < -0.3 is 30.9 Å². The first-order valence-electron chi connectivity index (χ1n) is 17.2. The zero-order valence-corrected chi connectivity index (χ0v) is 31.3. The number of anilines is 2. The number of H-pyrrole nitrogens is 2. The van der Waals surface area contributed by atoms with Crippen molar-refractivity contribution < 1.29 is 46.6 Å². The van der Waals surface area contributed by atoms with E-state index >= 15 is 0 Å². The average Bonchev–Trinajstić information content (AvgIpc) is 4.02. The van der Waals surface area contributed by atoms with Crippen molar-refractivity contribution in [1.82, 2.24) is 49.1 Å². The third-order valence-electron chi connectivity index (χ3n) is 8.32. The number of alkyl halides is 6. The molecule has 6 heterocycles. The van der Waals surface area contributed by atoms with E-state index in [2.05, 4.69) is 66.9 Å². The van der Waals surface area contributed by atoms with Crippen molar-refractivity contribution in [3.05, 3.63) is 89.3 Å². The SMILES string of the molecule is OB(O)c1cn[nH]c1.OCCCNc1nc2cc(C(F)(F)F)ccc2n2c(-c3cn[nH]c3)cnc12.OCCCNc1nc2cc(C(F)(F)F)ccc2n2c(Br)cnc12. The number of aromatic amines is 2. The van der Waals surface area contributed by atoms with Crippen molar-refractivity contribution in [2.75, 3.05) is 36.9 Å². The number of benzene rings is 2. The number of aliphatic hydroxyl groups excluding tert-OH is 2. The predicted octanol–water partition coefficient (Wildman–Crippen LogP) is 4.63. The molecular formula is C34H32BBrF6N12O4. The van der Waals surface area contributed by atoms with Gasteiger partial charge in [-0.15, -0.1) is 0 Å². The lowest BCUT2D eigenvalue weighted by atomic mass is 9.83. The van der Waals surface area contributed by atoms with Crippen LogP contribution in [0, 0.1) is 0 Å². The standard InChI is InChI=1S/C17H15F3N6O.C14H12BrF3N4O.C3H5BN2O2/c18-17(19,20)11-2-3-13-12(6-11)25-15(21-4-1-5-27)16-22-9-14(26(13)16)10-7-23-24-8-10;15-11-7-20-13-12(19-4-1-5-23)21-9-6-8(14(16,17)18)2-3-10(9)22(11)13;7-4(8)3-1-5-6-2-3/h2-3,6-9,27H,1,4-5H2,(H,21,25)(H,23,24);2-3,6-7,23H,1,4-5H2,(H,19,21);1-2,7-8H,(H,5,6). The molecular weight excluding hydrogens is 845 g/mol. The highest BCUT2D eigenvalue weighted by molar-refractivity contribution is 9.10. The number of aromatic nitrogens is 10. The molecule has 0 amide bonds. The van der Waals surface area contributed by atoms with Gasteiger partial charge in [0.1, 0.15) is 4.60 Å². The lowest BCUT2D eigenvalue weighted by Crippen LogP contribution is -2.28. The molecule has 2 aromatic carbocycles. The molecule has 0 atom stereocenters. The molecule has 0 aliphatic carbocycles. The summed E-state index contributed by atoms with van der Waals surface area (Å²) in [5, 5.41) is 53.2. The maximum atomic E-state index is 13.1. The number of aliphatic hydroxyl groups is 2. The van der Waals surface area contributed by atoms with Crippen LogP contribution in [0.25, 0.3) is 44.6 Å². The van der Waals surface area contributed by atoms with Crippen LogP contribution in [-0.4, -0.2) is 103 Å². The lowest BCUT2D eigenvalue weighted by Gasteiger charge is -2.13. The number of nitrogens with zero attached hydrogens (tertiary/aromatic N) is 8. The fourth-order valence-corrected chi connectivity index (χ4v) is 6.05. The van der Waals surface area contributed by atoms with Crippen molar-refractivity contribution >= 4 is 73.5 Å². The van der Waals surface area contributed by atoms with Crippen molar-refractivity contribution in [1.29, 1.82) is 0 Å². The zero-order chi connectivity index (χ0) is 41.6. The minimum atomic E-state index is -4.46. The number of imidazole rings is 2. The van der Waals surface area contributed by atoms with Crippen molar-refractivity contribution in [2.45, 2.75) is 25.2 Å². The summed E-state index contributed by atoms with van der Waals surface area (Å²) in [4.78, 5) is 17.2. The van der Waals surface area contributed by atoms with E-state index in [1.54, 1.807) is 33.6 Å². The number of fused-ring (bicyclic) bond motifs is 6. The molecule has 0 saturated heterocycles. The monoisotopic (exact) mass is 876 g/mol. The summed E-state index contributed by atoms with van der Waals surface area (Å²) in [7, 11) is -1.41. The third kappa shape index (κ3) is 9.31. The third-order valence-corrected chi connectivity index (χ3v) is 8.88. The topological polar surface area (TPSA) is 223 Å². The largest absolute Gasteiger partial charge is 0.491 e. The van der Waals surface area contributed by atoms with Gasteiger partial charge in [0, 0.05) is 55.9 Å². The van der Waals surface area contributed by atoms with Gasteiger partial charge in [0.15, 0.2) is 22.9 Å². The van der Waals surface area contributed by atoms with Crippen LogP contribution < -0.4 is 16.1 Å². The molecule has 0 aliphatic rings. The molecule has 8 N–H and O–H groups in total. The van der Waals surface area contributed by atoms with Crippen LogP contribution in [0.3, 0.4) is 0 Å². The Morgan fingerprint density at radius 2 is 1.21 bits per heavy atom. The van der Waals surface area contributed by atoms with Crippen molar-refractivity contribution in [2.24, 2.45) is 0 Å². The molecule has 0 spiro atoms. The summed E-state index contributed by atoms with van der Waals surface area (Å²) in [5.41, 5.74) is 2.67. The highest BCUT2D eigenvalue weighted by Gasteiger charge is 2.32. The second kappa shape index (κ2) is 17.8. The zero-order valence-electron chi connectivity index (χ0n) is 29.8. The molecule has 0 bridgehead atoms. The van der Waals surface area contributed by atoms with Gasteiger partial charge in [-0.25, -0.2) is 19.9 Å². The summed E-state index contributed by atoms with van der Waals surface area (Å²) in [5.74, 6) is 0.723. The number of rotatable bonds is 10. The van der Waals surface area contributed by atoms with Gasteiger partial charge in [0.25, 0.3) is 0 Å². The van der Waals surface area contributed by atoms with E-state index in [1.807, 2.05) is 0 Å². The van der Waals surface area contributed by atoms with Crippen molar-refractivity contribution in [3.63, 3.8) is 0 Å². The first kappa shape index (κ1) is 41.8. The summed E-state index contributed by atoms with van der Waals surface area (Å²) in [6.45, 7) is 0.850. The molecule has 16 nitrogen and oxygen atoms in total. The van der Waals surface area contributed by atoms with Crippen LogP contribution in [0.4, 0.5) is 38.0 Å². The summed E-state index contributed by atoms with van der Waals surface area (Å²) >= 11 is 3.34. The van der Waals surface area contributed by atoms with Crippen LogP contribution in [0.15, 0.2) is 78.2 Å². The van der Waals surface area contributed by atoms with Gasteiger partial charge in [0.05, 0.1) is 57.5 Å². The number of hydrogen-bond acceptors (Lipinski definition) is 12. The molecule has 0 saturated carbocycles. The average molecular weight is 877 g/mol. The van der Waals surface area contributed by atoms with Gasteiger partial charge in [-0.1, -0.05) is 0 Å². The molecule has 6 aromatic heterocycles. The second-order valence-corrected chi connectivity index (χ2v) is 13.1. The van der Waals surface area contributed by atoms with Gasteiger partial charge >= 0.3 is 19.5 Å². The number of hydrogen-bond donors (Lipinski definition) is 8. The Bertz CT molecular complexity index is 2600. The Labute approximate surface area is 331 Å². The van der Waals surface area contributed by atoms with Crippen LogP contribution in [-0.2, 0) is 12.4 Å². The molecule has 0 fully saturated rings. The molecule has 0 unspecified atom stereocenters. The van der Waals surface area contributed by atoms with Crippen LogP contribution in [0.2, 0.25) is 0 Å². The second-order valence-electron chi connectivity index (χ2n) is 12.3. The fourth-order valence-electron chi connectivity index (χ4n) is 5.59. The predicted molar refractivity (Wildman–Crippen MR) is 205 cm³/mol. The first-order chi connectivity index (χ1) is 27.7. The maximum Gasteiger partial charge on any atom is 0.491 e. The number of nitrogens with one attached hydrogen (secondary N) is 4. The fraction of sp³-hybridized carbons (Fsp3) is 0.235. The lowest BCUT2D eigenvalue weighted by molar-refractivity contribution is -0.138. The minimum Gasteiger partial charge on any atom is -0.423 e. The molecule has 24 heteroatoms. The van der Waals surface area contributed by atoms with Crippen LogP contribution >= 0.6 is 15.9 Å². The first-order valence-corrected chi connectivity index (χ1v) is 18.0. The van der Waals surface area contributed by atoms with Crippen LogP contribution in [0.5, 0.6) is 0 Å². The van der Waals surface area contributed by atoms with Gasteiger partial charge in [-0.2, -0.15) is 36.5 Å².